The lowest BCUT2D eigenvalue weighted by atomic mass is 10.2. The van der Waals surface area contributed by atoms with Crippen LogP contribution in [0.15, 0.2) is 54.5 Å². The predicted octanol–water partition coefficient (Wildman–Crippen LogP) is 3.68. The average Bonchev–Trinajstić information content (AvgIpc) is 2.40. The average molecular weight is 275 g/mol. The molecular formula is C16H21NOS. The molecular weight excluding hydrogens is 254 g/mol. The number of amides is 1. The molecule has 0 aliphatic heterocycles. The van der Waals surface area contributed by atoms with Crippen LogP contribution in [0.2, 0.25) is 0 Å². The van der Waals surface area contributed by atoms with E-state index in [2.05, 4.69) is 44.3 Å². The summed E-state index contributed by atoms with van der Waals surface area (Å²) < 4.78 is 0. The van der Waals surface area contributed by atoms with Gasteiger partial charge in [-0.05, 0) is 26.0 Å². The third-order valence-corrected chi connectivity index (χ3v) is 3.79. The van der Waals surface area contributed by atoms with Crippen LogP contribution in [-0.2, 0) is 4.79 Å². The van der Waals surface area contributed by atoms with Gasteiger partial charge in [0.05, 0.1) is 5.25 Å². The van der Waals surface area contributed by atoms with Gasteiger partial charge in [0.1, 0.15) is 0 Å². The molecule has 0 saturated carbocycles. The zero-order chi connectivity index (χ0) is 14.3. The molecule has 0 N–H and O–H groups in total. The van der Waals surface area contributed by atoms with Gasteiger partial charge >= 0.3 is 0 Å². The molecule has 0 radical (unpaired) electrons. The number of thioether (sulfide) groups is 1. The maximum Gasteiger partial charge on any atom is 0.236 e. The minimum Gasteiger partial charge on any atom is -0.334 e. The summed E-state index contributed by atoms with van der Waals surface area (Å²) in [6, 6.07) is 8.22. The molecule has 0 fully saturated rings. The summed E-state index contributed by atoms with van der Waals surface area (Å²) in [5, 5.41) is -0.109. The summed E-state index contributed by atoms with van der Waals surface area (Å²) in [5.41, 5.74) is 1.23. The first-order valence-electron chi connectivity index (χ1n) is 6.32. The van der Waals surface area contributed by atoms with E-state index in [0.717, 1.165) is 4.90 Å². The van der Waals surface area contributed by atoms with Gasteiger partial charge < -0.3 is 4.90 Å². The first kappa shape index (κ1) is 15.6. The zero-order valence-electron chi connectivity index (χ0n) is 11.6. The van der Waals surface area contributed by atoms with Gasteiger partial charge in [0.2, 0.25) is 5.91 Å². The van der Waals surface area contributed by atoms with E-state index in [4.69, 9.17) is 0 Å². The smallest absolute Gasteiger partial charge is 0.236 e. The topological polar surface area (TPSA) is 20.3 Å². The summed E-state index contributed by atoms with van der Waals surface area (Å²) in [4.78, 5) is 15.2. The fraction of sp³-hybridized carbons (Fsp3) is 0.312. The third-order valence-electron chi connectivity index (χ3n) is 2.69. The van der Waals surface area contributed by atoms with Gasteiger partial charge in [-0.25, -0.2) is 0 Å². The van der Waals surface area contributed by atoms with Gasteiger partial charge in [0.25, 0.3) is 0 Å². The first-order chi connectivity index (χ1) is 9.08. The lowest BCUT2D eigenvalue weighted by Crippen LogP contribution is -2.36. The van der Waals surface area contributed by atoms with Crippen molar-refractivity contribution in [3.05, 3.63) is 55.1 Å². The predicted molar refractivity (Wildman–Crippen MR) is 83.5 cm³/mol. The highest BCUT2D eigenvalue weighted by molar-refractivity contribution is 8.00. The Bertz CT molecular complexity index is 429. The number of benzene rings is 1. The molecule has 0 aliphatic rings. The monoisotopic (exact) mass is 275 g/mol. The van der Waals surface area contributed by atoms with Crippen molar-refractivity contribution in [1.82, 2.24) is 4.90 Å². The Morgan fingerprint density at radius 3 is 2.26 bits per heavy atom. The van der Waals surface area contributed by atoms with Crippen LogP contribution in [-0.4, -0.2) is 29.1 Å². The van der Waals surface area contributed by atoms with Crippen molar-refractivity contribution in [2.75, 3.05) is 13.1 Å². The lowest BCUT2D eigenvalue weighted by Gasteiger charge is -2.23. The van der Waals surface area contributed by atoms with E-state index in [0.29, 0.717) is 13.1 Å². The van der Waals surface area contributed by atoms with Crippen LogP contribution in [0.3, 0.4) is 0 Å². The summed E-state index contributed by atoms with van der Waals surface area (Å²) in [7, 11) is 0. The van der Waals surface area contributed by atoms with Crippen LogP contribution in [0.25, 0.3) is 0 Å². The summed E-state index contributed by atoms with van der Waals surface area (Å²) >= 11 is 1.58. The summed E-state index contributed by atoms with van der Waals surface area (Å²) in [6.07, 6.45) is 3.48. The number of carbonyl (C=O) groups excluding carboxylic acids is 1. The summed E-state index contributed by atoms with van der Waals surface area (Å²) in [5.74, 6) is 0.116. The van der Waals surface area contributed by atoms with Gasteiger partial charge in [0, 0.05) is 18.0 Å². The lowest BCUT2D eigenvalue weighted by molar-refractivity contribution is -0.129. The molecule has 1 atom stereocenters. The van der Waals surface area contributed by atoms with E-state index in [1.807, 2.05) is 6.92 Å². The molecule has 0 spiro atoms. The Kier molecular flexibility index (Phi) is 6.43. The molecule has 0 aliphatic carbocycles. The SMILES string of the molecule is C=CCN(CC=C)C(=O)C(C)Sc1ccc(C)cc1. The standard InChI is InChI=1S/C16H21NOS/c1-5-11-17(12-6-2)16(18)14(4)19-15-9-7-13(3)8-10-15/h5-10,14H,1-2,11-12H2,3-4H3. The van der Waals surface area contributed by atoms with Crippen molar-refractivity contribution in [1.29, 1.82) is 0 Å². The van der Waals surface area contributed by atoms with Gasteiger partial charge in [-0.15, -0.1) is 24.9 Å². The van der Waals surface area contributed by atoms with Crippen LogP contribution < -0.4 is 0 Å². The van der Waals surface area contributed by atoms with E-state index in [1.165, 1.54) is 5.56 Å². The second kappa shape index (κ2) is 7.85. The van der Waals surface area contributed by atoms with E-state index < -0.39 is 0 Å². The minimum atomic E-state index is -0.109. The van der Waals surface area contributed by atoms with Crippen LogP contribution in [0.5, 0.6) is 0 Å². The molecule has 0 aromatic heterocycles. The minimum absolute atomic E-state index is 0.109. The van der Waals surface area contributed by atoms with Gasteiger partial charge in [-0.3, -0.25) is 4.79 Å². The molecule has 1 aromatic rings. The number of carbonyl (C=O) groups is 1. The van der Waals surface area contributed by atoms with E-state index >= 15 is 0 Å². The largest absolute Gasteiger partial charge is 0.334 e. The molecule has 0 saturated heterocycles. The first-order valence-corrected chi connectivity index (χ1v) is 7.20. The number of aryl methyl sites for hydroxylation is 1. The van der Waals surface area contributed by atoms with E-state index in [1.54, 1.807) is 28.8 Å². The highest BCUT2D eigenvalue weighted by atomic mass is 32.2. The Labute approximate surface area is 120 Å². The van der Waals surface area contributed by atoms with E-state index in [9.17, 15) is 4.79 Å². The molecule has 3 heteroatoms. The van der Waals surface area contributed by atoms with Crippen molar-refractivity contribution < 1.29 is 4.79 Å². The molecule has 0 heterocycles. The Hall–Kier alpha value is -1.48. The molecule has 1 aromatic carbocycles. The molecule has 1 rings (SSSR count). The number of hydrogen-bond acceptors (Lipinski definition) is 2. The summed E-state index contributed by atoms with van der Waals surface area (Å²) in [6.45, 7) is 12.5. The highest BCUT2D eigenvalue weighted by Crippen LogP contribution is 2.24. The molecule has 1 amide bonds. The van der Waals surface area contributed by atoms with Crippen molar-refractivity contribution in [2.24, 2.45) is 0 Å². The Morgan fingerprint density at radius 1 is 1.26 bits per heavy atom. The van der Waals surface area contributed by atoms with Crippen molar-refractivity contribution >= 4 is 17.7 Å². The quantitative estimate of drug-likeness (QED) is 0.559. The third kappa shape index (κ3) is 4.95. The maximum absolute atomic E-state index is 12.3. The zero-order valence-corrected chi connectivity index (χ0v) is 12.5. The normalized spacial score (nSPS) is 11.7. The van der Waals surface area contributed by atoms with Gasteiger partial charge in [-0.2, -0.15) is 0 Å². The van der Waals surface area contributed by atoms with Gasteiger partial charge in [0.15, 0.2) is 0 Å². The second-order valence-corrected chi connectivity index (χ2v) is 5.81. The number of rotatable bonds is 7. The van der Waals surface area contributed by atoms with Crippen LogP contribution >= 0.6 is 11.8 Å². The van der Waals surface area contributed by atoms with Crippen LogP contribution in [0, 0.1) is 6.92 Å². The molecule has 2 nitrogen and oxygen atoms in total. The van der Waals surface area contributed by atoms with Crippen LogP contribution in [0.4, 0.5) is 0 Å². The number of hydrogen-bond donors (Lipinski definition) is 0. The molecule has 102 valence electrons. The maximum atomic E-state index is 12.3. The Morgan fingerprint density at radius 2 is 1.79 bits per heavy atom. The Balaban J connectivity index is 2.67. The van der Waals surface area contributed by atoms with Crippen molar-refractivity contribution in [3.8, 4) is 0 Å². The fourth-order valence-corrected chi connectivity index (χ4v) is 2.65. The number of nitrogens with zero attached hydrogens (tertiary/aromatic N) is 1. The van der Waals surface area contributed by atoms with Crippen LogP contribution in [0.1, 0.15) is 12.5 Å². The van der Waals surface area contributed by atoms with Crippen molar-refractivity contribution in [2.45, 2.75) is 24.0 Å². The highest BCUT2D eigenvalue weighted by Gasteiger charge is 2.19. The van der Waals surface area contributed by atoms with E-state index in [-0.39, 0.29) is 11.2 Å². The van der Waals surface area contributed by atoms with Crippen molar-refractivity contribution in [3.63, 3.8) is 0 Å². The molecule has 19 heavy (non-hydrogen) atoms. The van der Waals surface area contributed by atoms with Gasteiger partial charge in [-0.1, -0.05) is 29.8 Å². The fourth-order valence-electron chi connectivity index (χ4n) is 1.69. The molecule has 0 bridgehead atoms. The second-order valence-electron chi connectivity index (χ2n) is 4.39. The molecule has 1 unspecified atom stereocenters.